The Hall–Kier alpha value is -4.08. The van der Waals surface area contributed by atoms with Crippen LogP contribution in [0.25, 0.3) is 0 Å². The molecule has 1 saturated heterocycles. The number of hydrogen-bond donors (Lipinski definition) is 1. The van der Waals surface area contributed by atoms with Crippen LogP contribution < -0.4 is 24.6 Å². The van der Waals surface area contributed by atoms with E-state index < -0.39 is 29.9 Å². The van der Waals surface area contributed by atoms with Crippen molar-refractivity contribution in [3.05, 3.63) is 42.5 Å². The van der Waals surface area contributed by atoms with Gasteiger partial charge in [-0.05, 0) is 38.1 Å². The van der Waals surface area contributed by atoms with Crippen LogP contribution in [-0.2, 0) is 23.9 Å². The quantitative estimate of drug-likeness (QED) is 0.668. The monoisotopic (exact) mass is 479 g/mol. The number of rotatable bonds is 4. The van der Waals surface area contributed by atoms with Gasteiger partial charge in [-0.3, -0.25) is 24.1 Å². The minimum absolute atomic E-state index is 0.0259. The molecule has 5 rings (SSSR count). The Morgan fingerprint density at radius 1 is 1.09 bits per heavy atom. The van der Waals surface area contributed by atoms with Crippen LogP contribution in [-0.4, -0.2) is 55.6 Å². The van der Waals surface area contributed by atoms with E-state index in [-0.39, 0.29) is 24.8 Å². The van der Waals surface area contributed by atoms with E-state index in [2.05, 4.69) is 5.32 Å². The Morgan fingerprint density at radius 3 is 2.63 bits per heavy atom. The zero-order valence-electron chi connectivity index (χ0n) is 19.4. The number of carbonyl (C=O) groups is 4. The third-order valence-corrected chi connectivity index (χ3v) is 6.39. The van der Waals surface area contributed by atoms with E-state index >= 15 is 0 Å². The third-order valence-electron chi connectivity index (χ3n) is 6.39. The second-order valence-electron chi connectivity index (χ2n) is 9.10. The largest absolute Gasteiger partial charge is 0.486 e. The lowest BCUT2D eigenvalue weighted by Gasteiger charge is -2.41. The van der Waals surface area contributed by atoms with Crippen molar-refractivity contribution in [3.8, 4) is 11.5 Å². The number of fused-ring (bicyclic) bond motifs is 2. The van der Waals surface area contributed by atoms with Crippen LogP contribution in [0.1, 0.15) is 20.3 Å². The number of para-hydroxylation sites is 2. The van der Waals surface area contributed by atoms with Crippen molar-refractivity contribution in [1.82, 2.24) is 0 Å². The summed E-state index contributed by atoms with van der Waals surface area (Å²) < 4.78 is 16.4. The summed E-state index contributed by atoms with van der Waals surface area (Å²) in [5.41, 5.74) is 0.464. The second kappa shape index (κ2) is 8.61. The van der Waals surface area contributed by atoms with E-state index in [0.717, 1.165) is 0 Å². The molecule has 0 saturated carbocycles. The fourth-order valence-corrected chi connectivity index (χ4v) is 4.53. The maximum absolute atomic E-state index is 13.1. The molecule has 1 unspecified atom stereocenters. The van der Waals surface area contributed by atoms with Crippen LogP contribution in [0.2, 0.25) is 0 Å². The molecule has 35 heavy (non-hydrogen) atoms. The molecule has 0 aliphatic carbocycles. The first-order valence-electron chi connectivity index (χ1n) is 11.4. The topological polar surface area (TPSA) is 114 Å². The van der Waals surface area contributed by atoms with Gasteiger partial charge in [-0.1, -0.05) is 12.1 Å². The molecule has 0 aromatic heterocycles. The summed E-state index contributed by atoms with van der Waals surface area (Å²) in [6.45, 7) is 3.72. The molecule has 1 atom stereocenters. The minimum atomic E-state index is -1.17. The molecule has 3 aliphatic heterocycles. The average molecular weight is 479 g/mol. The van der Waals surface area contributed by atoms with E-state index in [1.807, 2.05) is 0 Å². The van der Waals surface area contributed by atoms with Crippen molar-refractivity contribution < 1.29 is 33.4 Å². The van der Waals surface area contributed by atoms with Crippen molar-refractivity contribution in [2.75, 3.05) is 41.5 Å². The second-order valence-corrected chi connectivity index (χ2v) is 9.10. The molecule has 3 aliphatic rings. The highest BCUT2D eigenvalue weighted by Crippen LogP contribution is 2.38. The van der Waals surface area contributed by atoms with Crippen LogP contribution in [0, 0.1) is 5.92 Å². The first-order valence-corrected chi connectivity index (χ1v) is 11.4. The highest BCUT2D eigenvalue weighted by Gasteiger charge is 2.44. The molecule has 2 aromatic rings. The van der Waals surface area contributed by atoms with Crippen LogP contribution in [0.5, 0.6) is 11.5 Å². The summed E-state index contributed by atoms with van der Waals surface area (Å²) >= 11 is 0. The van der Waals surface area contributed by atoms with Crippen molar-refractivity contribution in [2.24, 2.45) is 5.92 Å². The molecule has 1 N–H and O–H groups in total. The summed E-state index contributed by atoms with van der Waals surface area (Å²) in [6.07, 6.45) is -0.0259. The summed E-state index contributed by atoms with van der Waals surface area (Å²) in [7, 11) is 0. The fourth-order valence-electron chi connectivity index (χ4n) is 4.53. The molecule has 0 radical (unpaired) electrons. The Balaban J connectivity index is 1.25. The smallest absolute Gasteiger partial charge is 0.311 e. The van der Waals surface area contributed by atoms with Crippen molar-refractivity contribution in [1.29, 1.82) is 0 Å². The molecule has 0 spiro atoms. The predicted octanol–water partition coefficient (Wildman–Crippen LogP) is 2.12. The lowest BCUT2D eigenvalue weighted by molar-refractivity contribution is -0.152. The molecule has 182 valence electrons. The summed E-state index contributed by atoms with van der Waals surface area (Å²) in [4.78, 5) is 53.9. The standard InChI is InChI=1S/C25H25N3O7/c1-25(2)24(32)26-17-5-3-4-6-18(17)28(25)22(30)14-35-23(31)15-11-21(29)27(13-15)16-7-8-19-20(12-16)34-10-9-33-19/h3-8,12,15H,9-11,13-14H2,1-2H3,(H,26,32). The molecule has 3 heterocycles. The Kier molecular flexibility index (Phi) is 5.58. The third kappa shape index (κ3) is 4.05. The van der Waals surface area contributed by atoms with Gasteiger partial charge in [0.15, 0.2) is 18.1 Å². The Morgan fingerprint density at radius 2 is 1.83 bits per heavy atom. The first kappa shape index (κ1) is 22.7. The molecule has 10 heteroatoms. The van der Waals surface area contributed by atoms with E-state index in [0.29, 0.717) is 41.8 Å². The van der Waals surface area contributed by atoms with Gasteiger partial charge >= 0.3 is 5.97 Å². The predicted molar refractivity (Wildman–Crippen MR) is 125 cm³/mol. The van der Waals surface area contributed by atoms with Crippen molar-refractivity contribution in [2.45, 2.75) is 25.8 Å². The highest BCUT2D eigenvalue weighted by molar-refractivity contribution is 6.14. The molecule has 0 bridgehead atoms. The van der Waals surface area contributed by atoms with Gasteiger partial charge in [0.25, 0.3) is 5.91 Å². The number of nitrogens with zero attached hydrogens (tertiary/aromatic N) is 2. The number of ether oxygens (including phenoxy) is 3. The molecule has 2 aromatic carbocycles. The number of hydrogen-bond acceptors (Lipinski definition) is 7. The van der Waals surface area contributed by atoms with Crippen LogP contribution in [0.15, 0.2) is 42.5 Å². The minimum Gasteiger partial charge on any atom is -0.486 e. The van der Waals surface area contributed by atoms with Crippen LogP contribution in [0.3, 0.4) is 0 Å². The first-order chi connectivity index (χ1) is 16.8. The summed E-state index contributed by atoms with van der Waals surface area (Å²) in [6, 6.07) is 12.1. The van der Waals surface area contributed by atoms with Gasteiger partial charge in [0, 0.05) is 24.7 Å². The van der Waals surface area contributed by atoms with E-state index in [9.17, 15) is 19.2 Å². The van der Waals surface area contributed by atoms with Crippen LogP contribution in [0.4, 0.5) is 17.1 Å². The number of carbonyl (C=O) groups excluding carboxylic acids is 4. The van der Waals surface area contributed by atoms with E-state index in [4.69, 9.17) is 14.2 Å². The number of amides is 3. The SMILES string of the molecule is CC1(C)C(=O)Nc2ccccc2N1C(=O)COC(=O)C1CC(=O)N(c2ccc3c(c2)OCCO3)C1. The van der Waals surface area contributed by atoms with Gasteiger partial charge in [-0.2, -0.15) is 0 Å². The fraction of sp³-hybridized carbons (Fsp3) is 0.360. The number of esters is 1. The summed E-state index contributed by atoms with van der Waals surface area (Å²) in [5.74, 6) is -1.29. The number of anilines is 3. The normalized spacial score (nSPS) is 20.2. The molecular weight excluding hydrogens is 454 g/mol. The summed E-state index contributed by atoms with van der Waals surface area (Å²) in [5, 5.41) is 2.79. The van der Waals surface area contributed by atoms with E-state index in [1.54, 1.807) is 56.3 Å². The molecule has 1 fully saturated rings. The maximum Gasteiger partial charge on any atom is 0.311 e. The molecule has 10 nitrogen and oxygen atoms in total. The Bertz CT molecular complexity index is 1230. The van der Waals surface area contributed by atoms with Gasteiger partial charge in [-0.25, -0.2) is 0 Å². The maximum atomic E-state index is 13.1. The van der Waals surface area contributed by atoms with E-state index in [1.165, 1.54) is 9.80 Å². The zero-order valence-corrected chi connectivity index (χ0v) is 19.4. The van der Waals surface area contributed by atoms with Crippen LogP contribution >= 0.6 is 0 Å². The van der Waals surface area contributed by atoms with Gasteiger partial charge < -0.3 is 24.4 Å². The average Bonchev–Trinajstić information content (AvgIpc) is 3.24. The number of benzene rings is 2. The van der Waals surface area contributed by atoms with Gasteiger partial charge in [0.1, 0.15) is 18.8 Å². The lowest BCUT2D eigenvalue weighted by Crippen LogP contribution is -2.59. The number of nitrogens with one attached hydrogen (secondary N) is 1. The highest BCUT2D eigenvalue weighted by atomic mass is 16.6. The Labute approximate surface area is 201 Å². The van der Waals surface area contributed by atoms with Gasteiger partial charge in [0.05, 0.1) is 17.3 Å². The zero-order chi connectivity index (χ0) is 24.7. The van der Waals surface area contributed by atoms with Crippen molar-refractivity contribution in [3.63, 3.8) is 0 Å². The molecular formula is C25H25N3O7. The lowest BCUT2D eigenvalue weighted by atomic mass is 9.96. The molecule has 3 amide bonds. The van der Waals surface area contributed by atoms with Crippen molar-refractivity contribution >= 4 is 40.8 Å². The van der Waals surface area contributed by atoms with Gasteiger partial charge in [0.2, 0.25) is 11.8 Å². The van der Waals surface area contributed by atoms with Gasteiger partial charge in [-0.15, -0.1) is 0 Å².